The summed E-state index contributed by atoms with van der Waals surface area (Å²) >= 11 is 0. The van der Waals surface area contributed by atoms with Crippen molar-refractivity contribution in [3.63, 3.8) is 0 Å². The molecule has 3 aliphatic rings. The molecule has 0 aromatic heterocycles. The zero-order valence-corrected chi connectivity index (χ0v) is 47.2. The van der Waals surface area contributed by atoms with Crippen molar-refractivity contribution < 1.29 is 52.3 Å². The summed E-state index contributed by atoms with van der Waals surface area (Å²) in [6.07, 6.45) is 10.2. The van der Waals surface area contributed by atoms with Crippen molar-refractivity contribution in [3.8, 4) is 0 Å². The molecule has 0 spiro atoms. The Morgan fingerprint density at radius 2 is 1.32 bits per heavy atom. The van der Waals surface area contributed by atoms with Gasteiger partial charge in [-0.25, -0.2) is 4.39 Å². The number of hydrogen-bond donors (Lipinski definition) is 9. The molecule has 1 aromatic rings. The third-order valence-corrected chi connectivity index (χ3v) is 14.4. The Kier molecular flexibility index (Phi) is 23.4. The van der Waals surface area contributed by atoms with E-state index in [4.69, 9.17) is 0 Å². The van der Waals surface area contributed by atoms with Crippen LogP contribution < -0.4 is 47.9 Å². The van der Waals surface area contributed by atoms with Gasteiger partial charge in [0.15, 0.2) is 0 Å². The Balaban J connectivity index is 1.24. The summed E-state index contributed by atoms with van der Waals surface area (Å²) < 4.78 is 13.6. The lowest BCUT2D eigenvalue weighted by Crippen LogP contribution is -2.62. The van der Waals surface area contributed by atoms with Crippen molar-refractivity contribution >= 4 is 59.1 Å². The molecular weight excluding hydrogens is 994 g/mol. The topological polar surface area (TPSA) is 285 Å². The van der Waals surface area contributed by atoms with Crippen LogP contribution in [0.1, 0.15) is 162 Å². The van der Waals surface area contributed by atoms with Crippen LogP contribution >= 0.6 is 0 Å². The molecule has 1 saturated heterocycles. The number of rotatable bonds is 28. The summed E-state index contributed by atoms with van der Waals surface area (Å²) in [6, 6.07) is 2.09. The van der Waals surface area contributed by atoms with Gasteiger partial charge in [0, 0.05) is 43.6 Å². The van der Waals surface area contributed by atoms with Crippen LogP contribution in [0.5, 0.6) is 0 Å². The first-order chi connectivity index (χ1) is 36.0. The van der Waals surface area contributed by atoms with Crippen LogP contribution in [0.25, 0.3) is 0 Å². The van der Waals surface area contributed by atoms with Crippen molar-refractivity contribution in [3.05, 3.63) is 35.6 Å². The van der Waals surface area contributed by atoms with Gasteiger partial charge in [0.05, 0.1) is 18.6 Å². The first-order valence-electron chi connectivity index (χ1n) is 27.4. The van der Waals surface area contributed by atoms with Crippen LogP contribution in [-0.4, -0.2) is 156 Å². The van der Waals surface area contributed by atoms with Crippen molar-refractivity contribution in [1.29, 1.82) is 0 Å². The molecule has 22 heteroatoms. The van der Waals surface area contributed by atoms with Crippen molar-refractivity contribution in [2.24, 2.45) is 11.8 Å². The normalized spacial score (nSPS) is 17.5. The highest BCUT2D eigenvalue weighted by Crippen LogP contribution is 2.32. The maximum absolute atomic E-state index is 13.7. The predicted octanol–water partition coefficient (Wildman–Crippen LogP) is 2.22. The van der Waals surface area contributed by atoms with E-state index in [1.807, 2.05) is 32.8 Å². The van der Waals surface area contributed by atoms with E-state index in [1.165, 1.54) is 56.9 Å². The molecule has 3 fully saturated rings. The van der Waals surface area contributed by atoms with E-state index in [0.717, 1.165) is 57.9 Å². The first kappa shape index (κ1) is 63.3. The molecule has 2 unspecified atom stereocenters. The van der Waals surface area contributed by atoms with E-state index >= 15 is 0 Å². The fraction of sp³-hybridized carbons (Fsp3) is 0.709. The molecule has 0 radical (unpaired) electrons. The zero-order chi connectivity index (χ0) is 57.3. The monoisotopic (exact) mass is 1080 g/mol. The number of carbonyl (C=O) groups excluding carboxylic acids is 10. The second-order valence-electron chi connectivity index (χ2n) is 23.8. The SMILES string of the molecule is CC(C)CC(NC(=O)CNC(=O)C(C)(C)NC(=O)CNC(=O)C(CCC1CCCCC1)NC(=O)[C@@H]1CCCN1C(=O)c1ccc(F)cc1)C(=O)NC(C)(C)C(=O)NC(C)(C)CC(=O)NCCC(=O)NC1(CN(C)C)CCC1. The highest BCUT2D eigenvalue weighted by atomic mass is 19.1. The minimum atomic E-state index is -1.58. The van der Waals surface area contributed by atoms with Crippen LogP contribution in [0.4, 0.5) is 4.39 Å². The number of halogens is 1. The summed E-state index contributed by atoms with van der Waals surface area (Å²) in [6.45, 7) is 12.8. The summed E-state index contributed by atoms with van der Waals surface area (Å²) in [5.41, 5.74) is -4.14. The lowest BCUT2D eigenvalue weighted by molar-refractivity contribution is -0.136. The van der Waals surface area contributed by atoms with E-state index < -0.39 is 101 Å². The molecule has 430 valence electrons. The Bertz CT molecular complexity index is 2260. The van der Waals surface area contributed by atoms with E-state index in [2.05, 4.69) is 47.9 Å². The van der Waals surface area contributed by atoms with Gasteiger partial charge in [0.2, 0.25) is 53.2 Å². The van der Waals surface area contributed by atoms with Gasteiger partial charge in [-0.05, 0) is 143 Å². The van der Waals surface area contributed by atoms with Gasteiger partial charge in [0.1, 0.15) is 35.0 Å². The molecule has 10 amide bonds. The molecule has 4 rings (SSSR count). The summed E-state index contributed by atoms with van der Waals surface area (Å²) in [7, 11) is 3.92. The van der Waals surface area contributed by atoms with Gasteiger partial charge in [-0.3, -0.25) is 47.9 Å². The molecule has 21 nitrogen and oxygen atoms in total. The van der Waals surface area contributed by atoms with Gasteiger partial charge in [-0.1, -0.05) is 46.0 Å². The summed E-state index contributed by atoms with van der Waals surface area (Å²) in [5.74, 6) is -5.73. The Morgan fingerprint density at radius 3 is 1.94 bits per heavy atom. The molecule has 3 atom stereocenters. The lowest BCUT2D eigenvalue weighted by atomic mass is 9.76. The highest BCUT2D eigenvalue weighted by Gasteiger charge is 2.40. The molecule has 0 bridgehead atoms. The van der Waals surface area contributed by atoms with Crippen LogP contribution in [-0.2, 0) is 43.2 Å². The van der Waals surface area contributed by atoms with Crippen LogP contribution in [0.2, 0.25) is 0 Å². The first-order valence-corrected chi connectivity index (χ1v) is 27.4. The average molecular weight is 1080 g/mol. The van der Waals surface area contributed by atoms with Gasteiger partial charge < -0.3 is 57.7 Å². The number of nitrogens with one attached hydrogen (secondary N) is 9. The van der Waals surface area contributed by atoms with Crippen LogP contribution in [0, 0.1) is 17.7 Å². The summed E-state index contributed by atoms with van der Waals surface area (Å²) in [5, 5.41) is 24.5. The Morgan fingerprint density at radius 1 is 0.688 bits per heavy atom. The van der Waals surface area contributed by atoms with Gasteiger partial charge in [-0.2, -0.15) is 0 Å². The Labute approximate surface area is 454 Å². The van der Waals surface area contributed by atoms with E-state index in [9.17, 15) is 52.3 Å². The molecule has 2 saturated carbocycles. The van der Waals surface area contributed by atoms with Gasteiger partial charge in [-0.15, -0.1) is 0 Å². The number of benzene rings is 1. The van der Waals surface area contributed by atoms with Crippen LogP contribution in [0.15, 0.2) is 24.3 Å². The quantitative estimate of drug-likeness (QED) is 0.0587. The number of amides is 10. The smallest absolute Gasteiger partial charge is 0.254 e. The molecule has 2 aliphatic carbocycles. The largest absolute Gasteiger partial charge is 0.356 e. The maximum Gasteiger partial charge on any atom is 0.254 e. The van der Waals surface area contributed by atoms with Crippen molar-refractivity contribution in [1.82, 2.24) is 57.7 Å². The van der Waals surface area contributed by atoms with Gasteiger partial charge >= 0.3 is 0 Å². The molecule has 77 heavy (non-hydrogen) atoms. The third kappa shape index (κ3) is 20.6. The predicted molar refractivity (Wildman–Crippen MR) is 288 cm³/mol. The number of likely N-dealkylation sites (N-methyl/N-ethyl adjacent to an activating group) is 1. The van der Waals surface area contributed by atoms with E-state index in [1.54, 1.807) is 13.8 Å². The van der Waals surface area contributed by atoms with Crippen LogP contribution in [0.3, 0.4) is 0 Å². The number of likely N-dealkylation sites (tertiary alicyclic amines) is 1. The number of hydrogen-bond acceptors (Lipinski definition) is 11. The Hall–Kier alpha value is -6.19. The van der Waals surface area contributed by atoms with Crippen molar-refractivity contribution in [2.75, 3.05) is 46.8 Å². The number of carbonyl (C=O) groups is 10. The number of nitrogens with zero attached hydrogens (tertiary/aromatic N) is 2. The fourth-order valence-electron chi connectivity index (χ4n) is 10.2. The second kappa shape index (κ2) is 28.4. The molecule has 1 aromatic carbocycles. The molecule has 9 N–H and O–H groups in total. The van der Waals surface area contributed by atoms with E-state index in [-0.39, 0.29) is 54.6 Å². The highest BCUT2D eigenvalue weighted by molar-refractivity contribution is 6.00. The molecular formula is C55H88FN11O10. The van der Waals surface area contributed by atoms with Crippen molar-refractivity contribution in [2.45, 2.75) is 192 Å². The lowest BCUT2D eigenvalue weighted by Gasteiger charge is -2.44. The minimum Gasteiger partial charge on any atom is -0.356 e. The summed E-state index contributed by atoms with van der Waals surface area (Å²) in [4.78, 5) is 137. The molecule has 1 heterocycles. The average Bonchev–Trinajstić information content (AvgIpc) is 3.83. The van der Waals surface area contributed by atoms with Gasteiger partial charge in [0.25, 0.3) is 5.91 Å². The zero-order valence-electron chi connectivity index (χ0n) is 47.2. The fourth-order valence-corrected chi connectivity index (χ4v) is 10.2. The molecule has 1 aliphatic heterocycles. The minimum absolute atomic E-state index is 0.0843. The third-order valence-electron chi connectivity index (χ3n) is 14.4. The maximum atomic E-state index is 13.7. The second-order valence-corrected chi connectivity index (χ2v) is 23.8. The van der Waals surface area contributed by atoms with E-state index in [0.29, 0.717) is 38.1 Å². The standard InChI is InChI=1S/C55H88FN11O10/c1-35(2)30-40(47(73)64-54(7,8)51(77)65-52(3,4)31-43(69)57-28-25-42(68)63-55(26-15-27-55)34-66(9)10)60-44(70)32-59-50(76)53(5,6)62-45(71)33-58-46(72)39(24-19-36-16-12-11-13-17-36)61-48(74)41-18-14-29-67(41)49(75)37-20-22-38(56)23-21-37/h20-23,35-36,39-41H,11-19,24-34H2,1-10H3,(H,57,69)(H,58,72)(H,59,76)(H,60,70)(H,61,74)(H,62,71)(H,63,68)(H,64,73)(H,65,77)/t39?,40?,41-/m0/s1.